The van der Waals surface area contributed by atoms with E-state index in [9.17, 15) is 15.0 Å². The summed E-state index contributed by atoms with van der Waals surface area (Å²) in [5.41, 5.74) is 1.84. The molecule has 1 amide bonds. The SMILES string of the molecule is CC(C)c1c(NC[C@H]2CCNC[C@@H]2O)nn2c(NC3CCCN(C(=O)O)C3)ccnc12. The van der Waals surface area contributed by atoms with Crippen molar-refractivity contribution in [1.29, 1.82) is 0 Å². The molecule has 2 aliphatic heterocycles. The van der Waals surface area contributed by atoms with E-state index in [1.165, 1.54) is 4.90 Å². The van der Waals surface area contributed by atoms with Gasteiger partial charge in [-0.1, -0.05) is 13.8 Å². The minimum Gasteiger partial charge on any atom is -0.465 e. The summed E-state index contributed by atoms with van der Waals surface area (Å²) in [7, 11) is 0. The molecule has 4 heterocycles. The molecule has 3 atom stereocenters. The fourth-order valence-corrected chi connectivity index (χ4v) is 4.57. The van der Waals surface area contributed by atoms with E-state index in [-0.39, 0.29) is 24.0 Å². The smallest absolute Gasteiger partial charge is 0.407 e. The average molecular weight is 432 g/mol. The van der Waals surface area contributed by atoms with E-state index >= 15 is 0 Å². The van der Waals surface area contributed by atoms with Crippen molar-refractivity contribution in [3.8, 4) is 0 Å². The molecule has 0 saturated carbocycles. The van der Waals surface area contributed by atoms with Gasteiger partial charge in [0.05, 0.1) is 6.10 Å². The van der Waals surface area contributed by atoms with Crippen LogP contribution >= 0.6 is 0 Å². The molecule has 0 bridgehead atoms. The van der Waals surface area contributed by atoms with Crippen LogP contribution in [-0.2, 0) is 0 Å². The molecule has 0 aromatic carbocycles. The highest BCUT2D eigenvalue weighted by Gasteiger charge is 2.26. The standard InChI is InChI=1S/C21H33N7O3/c1-13(2)18-19(24-10-14-5-7-22-11-16(14)29)26-28-17(6-8-23-20(18)28)25-15-4-3-9-27(12-15)21(30)31/h6,8,13-16,22,25,29H,3-5,7,9-12H2,1-2H3,(H,24,26)(H,30,31)/t14-,15?,16+/m1/s1. The number of aliphatic hydroxyl groups excluding tert-OH is 1. The van der Waals surface area contributed by atoms with Gasteiger partial charge in [0.25, 0.3) is 0 Å². The molecular formula is C21H33N7O3. The predicted molar refractivity (Wildman–Crippen MR) is 119 cm³/mol. The summed E-state index contributed by atoms with van der Waals surface area (Å²) in [6, 6.07) is 1.91. The van der Waals surface area contributed by atoms with Crippen molar-refractivity contribution < 1.29 is 15.0 Å². The second-order valence-corrected chi connectivity index (χ2v) is 8.90. The van der Waals surface area contributed by atoms with Crippen LogP contribution in [0.5, 0.6) is 0 Å². The summed E-state index contributed by atoms with van der Waals surface area (Å²) < 4.78 is 1.82. The number of likely N-dealkylation sites (tertiary alicyclic amines) is 1. The van der Waals surface area contributed by atoms with Crippen LogP contribution in [0.2, 0.25) is 0 Å². The van der Waals surface area contributed by atoms with Crippen molar-refractivity contribution in [2.45, 2.75) is 51.2 Å². The molecule has 2 saturated heterocycles. The number of amides is 1. The first kappa shape index (κ1) is 21.6. The van der Waals surface area contributed by atoms with Crippen LogP contribution in [0.1, 0.15) is 44.6 Å². The number of anilines is 2. The number of nitrogens with zero attached hydrogens (tertiary/aromatic N) is 4. The number of carboxylic acid groups (broad SMARTS) is 1. The Bertz CT molecular complexity index is 916. The Labute approximate surface area is 182 Å². The van der Waals surface area contributed by atoms with Crippen molar-refractivity contribution in [3.63, 3.8) is 0 Å². The molecule has 5 N–H and O–H groups in total. The van der Waals surface area contributed by atoms with Gasteiger partial charge in [-0.25, -0.2) is 9.78 Å². The van der Waals surface area contributed by atoms with Gasteiger partial charge in [0.2, 0.25) is 0 Å². The highest BCUT2D eigenvalue weighted by molar-refractivity contribution is 5.66. The van der Waals surface area contributed by atoms with Gasteiger partial charge in [-0.05, 0) is 37.8 Å². The summed E-state index contributed by atoms with van der Waals surface area (Å²) in [6.07, 6.45) is 3.19. The lowest BCUT2D eigenvalue weighted by atomic mass is 9.95. The van der Waals surface area contributed by atoms with Crippen molar-refractivity contribution in [3.05, 3.63) is 17.8 Å². The zero-order chi connectivity index (χ0) is 22.0. The number of hydrogen-bond acceptors (Lipinski definition) is 7. The van der Waals surface area contributed by atoms with Gasteiger partial charge < -0.3 is 31.1 Å². The van der Waals surface area contributed by atoms with Gasteiger partial charge in [-0.15, -0.1) is 5.10 Å². The van der Waals surface area contributed by atoms with Gasteiger partial charge >= 0.3 is 6.09 Å². The van der Waals surface area contributed by atoms with Crippen molar-refractivity contribution in [1.82, 2.24) is 24.8 Å². The molecule has 4 rings (SSSR count). The largest absolute Gasteiger partial charge is 0.465 e. The Kier molecular flexibility index (Phi) is 6.47. The lowest BCUT2D eigenvalue weighted by Crippen LogP contribution is -2.44. The minimum atomic E-state index is -0.876. The first-order valence-corrected chi connectivity index (χ1v) is 11.2. The highest BCUT2D eigenvalue weighted by atomic mass is 16.4. The summed E-state index contributed by atoms with van der Waals surface area (Å²) in [5, 5.41) is 34.6. The molecule has 2 aromatic rings. The van der Waals surface area contributed by atoms with Gasteiger partial charge in [-0.2, -0.15) is 4.52 Å². The minimum absolute atomic E-state index is 0.0310. The third-order valence-corrected chi connectivity index (χ3v) is 6.30. The number of β-amino-alcohol motifs (C(OH)–C–C–N with tert-alkyl or cyclic N) is 1. The monoisotopic (exact) mass is 431 g/mol. The Hall–Kier alpha value is -2.59. The second kappa shape index (κ2) is 9.27. The number of nitrogens with one attached hydrogen (secondary N) is 3. The van der Waals surface area contributed by atoms with Gasteiger partial charge in [0.15, 0.2) is 11.5 Å². The van der Waals surface area contributed by atoms with Gasteiger partial charge in [-0.3, -0.25) is 0 Å². The predicted octanol–water partition coefficient (Wildman–Crippen LogP) is 1.79. The highest BCUT2D eigenvalue weighted by Crippen LogP contribution is 2.30. The summed E-state index contributed by atoms with van der Waals surface area (Å²) >= 11 is 0. The molecule has 2 fully saturated rings. The molecule has 2 aliphatic rings. The van der Waals surface area contributed by atoms with Crippen LogP contribution < -0.4 is 16.0 Å². The van der Waals surface area contributed by atoms with E-state index in [4.69, 9.17) is 5.10 Å². The van der Waals surface area contributed by atoms with Crippen molar-refractivity contribution >= 4 is 23.4 Å². The zero-order valence-electron chi connectivity index (χ0n) is 18.2. The lowest BCUT2D eigenvalue weighted by molar-refractivity contribution is 0.0883. The number of aliphatic hydroxyl groups is 1. The first-order chi connectivity index (χ1) is 14.9. The number of hydrogen-bond donors (Lipinski definition) is 5. The Morgan fingerprint density at radius 3 is 2.97 bits per heavy atom. The average Bonchev–Trinajstić information content (AvgIpc) is 3.13. The number of aromatic nitrogens is 3. The Balaban J connectivity index is 1.56. The maximum atomic E-state index is 11.4. The maximum Gasteiger partial charge on any atom is 0.407 e. The number of fused-ring (bicyclic) bond motifs is 1. The van der Waals surface area contributed by atoms with Crippen LogP contribution in [0.3, 0.4) is 0 Å². The topological polar surface area (TPSA) is 127 Å². The second-order valence-electron chi connectivity index (χ2n) is 8.90. The van der Waals surface area contributed by atoms with Crippen LogP contribution in [0.4, 0.5) is 16.4 Å². The molecule has 170 valence electrons. The third-order valence-electron chi connectivity index (χ3n) is 6.30. The summed E-state index contributed by atoms with van der Waals surface area (Å²) in [5.74, 6) is 2.00. The van der Waals surface area contributed by atoms with Crippen LogP contribution in [0, 0.1) is 5.92 Å². The fourth-order valence-electron chi connectivity index (χ4n) is 4.57. The molecule has 10 nitrogen and oxygen atoms in total. The van der Waals surface area contributed by atoms with E-state index in [1.54, 1.807) is 6.20 Å². The number of piperidine rings is 2. The van der Waals surface area contributed by atoms with Crippen LogP contribution in [0.25, 0.3) is 5.65 Å². The van der Waals surface area contributed by atoms with E-state index < -0.39 is 6.09 Å². The van der Waals surface area contributed by atoms with Crippen molar-refractivity contribution in [2.24, 2.45) is 5.92 Å². The first-order valence-electron chi connectivity index (χ1n) is 11.2. The molecule has 0 radical (unpaired) electrons. The van der Waals surface area contributed by atoms with Gasteiger partial charge in [0, 0.05) is 49.9 Å². The molecule has 31 heavy (non-hydrogen) atoms. The molecule has 10 heteroatoms. The van der Waals surface area contributed by atoms with Gasteiger partial charge in [0.1, 0.15) is 5.82 Å². The van der Waals surface area contributed by atoms with E-state index in [2.05, 4.69) is 34.8 Å². The molecule has 1 unspecified atom stereocenters. The Morgan fingerprint density at radius 1 is 1.39 bits per heavy atom. The van der Waals surface area contributed by atoms with Crippen LogP contribution in [0.15, 0.2) is 12.3 Å². The lowest BCUT2D eigenvalue weighted by Gasteiger charge is -2.31. The number of rotatable bonds is 6. The van der Waals surface area contributed by atoms with E-state index in [0.29, 0.717) is 26.2 Å². The van der Waals surface area contributed by atoms with E-state index in [0.717, 1.165) is 48.7 Å². The maximum absolute atomic E-state index is 11.4. The zero-order valence-corrected chi connectivity index (χ0v) is 18.2. The fraction of sp³-hybridized carbons (Fsp3) is 0.667. The third kappa shape index (κ3) is 4.69. The molecule has 2 aromatic heterocycles. The quantitative estimate of drug-likeness (QED) is 0.469. The molecular weight excluding hydrogens is 398 g/mol. The van der Waals surface area contributed by atoms with Crippen molar-refractivity contribution in [2.75, 3.05) is 43.4 Å². The Morgan fingerprint density at radius 2 is 2.23 bits per heavy atom. The van der Waals surface area contributed by atoms with Crippen LogP contribution in [-0.4, -0.2) is 80.7 Å². The molecule has 0 aliphatic carbocycles. The normalized spacial score (nSPS) is 24.5. The summed E-state index contributed by atoms with van der Waals surface area (Å²) in [4.78, 5) is 17.4. The summed E-state index contributed by atoms with van der Waals surface area (Å²) in [6.45, 7) is 7.47. The van der Waals surface area contributed by atoms with E-state index in [1.807, 2.05) is 10.6 Å². The number of carbonyl (C=O) groups is 1. The molecule has 0 spiro atoms.